The van der Waals surface area contributed by atoms with Crippen molar-refractivity contribution in [3.63, 3.8) is 0 Å². The van der Waals surface area contributed by atoms with Crippen LogP contribution in [-0.2, 0) is 4.74 Å². The highest BCUT2D eigenvalue weighted by Crippen LogP contribution is 2.17. The molecule has 5 heteroatoms. The summed E-state index contributed by atoms with van der Waals surface area (Å²) in [4.78, 5) is 19.3. The van der Waals surface area contributed by atoms with Crippen LogP contribution >= 0.6 is 0 Å². The Hall–Kier alpha value is -2.43. The number of carbonyl (C=O) groups excluding carboxylic acids is 1. The van der Waals surface area contributed by atoms with E-state index in [0.29, 0.717) is 5.82 Å². The summed E-state index contributed by atoms with van der Waals surface area (Å²) < 4.78 is 4.59. The van der Waals surface area contributed by atoms with Gasteiger partial charge in [-0.25, -0.2) is 14.8 Å². The van der Waals surface area contributed by atoms with Crippen molar-refractivity contribution in [1.29, 1.82) is 0 Å². The van der Waals surface area contributed by atoms with E-state index in [-0.39, 0.29) is 11.9 Å². The topological polar surface area (TPSA) is 64.1 Å². The van der Waals surface area contributed by atoms with Crippen molar-refractivity contribution < 1.29 is 9.53 Å². The molecule has 1 atom stereocenters. The SMILES string of the molecule is COC(=O)c1nccc(NC(C)c2ccccc2)n1. The number of hydrogen-bond acceptors (Lipinski definition) is 5. The van der Waals surface area contributed by atoms with Crippen LogP contribution in [0.2, 0.25) is 0 Å². The Morgan fingerprint density at radius 3 is 2.68 bits per heavy atom. The van der Waals surface area contributed by atoms with Gasteiger partial charge in [0, 0.05) is 12.2 Å². The van der Waals surface area contributed by atoms with Crippen molar-refractivity contribution in [1.82, 2.24) is 9.97 Å². The fraction of sp³-hybridized carbons (Fsp3) is 0.214. The molecule has 1 N–H and O–H groups in total. The fourth-order valence-corrected chi connectivity index (χ4v) is 1.68. The molecule has 0 aliphatic carbocycles. The normalized spacial score (nSPS) is 11.7. The molecule has 0 spiro atoms. The first-order valence-electron chi connectivity index (χ1n) is 5.93. The van der Waals surface area contributed by atoms with Crippen molar-refractivity contribution in [2.24, 2.45) is 0 Å². The van der Waals surface area contributed by atoms with Crippen LogP contribution in [0.4, 0.5) is 5.82 Å². The Morgan fingerprint density at radius 1 is 1.26 bits per heavy atom. The van der Waals surface area contributed by atoms with Gasteiger partial charge in [-0.1, -0.05) is 30.3 Å². The van der Waals surface area contributed by atoms with Gasteiger partial charge >= 0.3 is 5.97 Å². The van der Waals surface area contributed by atoms with Crippen molar-refractivity contribution in [3.05, 3.63) is 54.0 Å². The molecular weight excluding hydrogens is 242 g/mol. The third-order valence-electron chi connectivity index (χ3n) is 2.69. The van der Waals surface area contributed by atoms with Gasteiger partial charge in [0.25, 0.3) is 0 Å². The highest BCUT2D eigenvalue weighted by molar-refractivity contribution is 5.85. The number of nitrogens with zero attached hydrogens (tertiary/aromatic N) is 2. The number of carbonyl (C=O) groups is 1. The lowest BCUT2D eigenvalue weighted by atomic mass is 10.1. The molecule has 0 aliphatic heterocycles. The summed E-state index contributed by atoms with van der Waals surface area (Å²) in [6.45, 7) is 2.02. The quantitative estimate of drug-likeness (QED) is 0.852. The van der Waals surface area contributed by atoms with Crippen LogP contribution in [0, 0.1) is 0 Å². The number of aromatic nitrogens is 2. The van der Waals surface area contributed by atoms with E-state index in [9.17, 15) is 4.79 Å². The van der Waals surface area contributed by atoms with Crippen LogP contribution < -0.4 is 5.32 Å². The lowest BCUT2D eigenvalue weighted by Crippen LogP contribution is -2.12. The van der Waals surface area contributed by atoms with E-state index in [1.54, 1.807) is 6.07 Å². The summed E-state index contributed by atoms with van der Waals surface area (Å²) in [6, 6.07) is 11.8. The van der Waals surface area contributed by atoms with Crippen LogP contribution in [0.25, 0.3) is 0 Å². The van der Waals surface area contributed by atoms with Crippen molar-refractivity contribution in [2.75, 3.05) is 12.4 Å². The van der Waals surface area contributed by atoms with Crippen LogP contribution in [-0.4, -0.2) is 23.0 Å². The third-order valence-corrected chi connectivity index (χ3v) is 2.69. The van der Waals surface area contributed by atoms with Crippen molar-refractivity contribution in [3.8, 4) is 0 Å². The maximum atomic E-state index is 11.3. The number of methoxy groups -OCH3 is 1. The number of ether oxygens (including phenoxy) is 1. The Balaban J connectivity index is 2.13. The maximum Gasteiger partial charge on any atom is 0.376 e. The third kappa shape index (κ3) is 3.28. The summed E-state index contributed by atoms with van der Waals surface area (Å²) in [5.74, 6) is 0.0931. The Morgan fingerprint density at radius 2 is 2.00 bits per heavy atom. The van der Waals surface area contributed by atoms with E-state index in [1.807, 2.05) is 37.3 Å². The standard InChI is InChI=1S/C14H15N3O2/c1-10(11-6-4-3-5-7-11)16-12-8-9-15-13(17-12)14(18)19-2/h3-10H,1-2H3,(H,15,16,17). The predicted octanol–water partition coefficient (Wildman–Crippen LogP) is 2.44. The lowest BCUT2D eigenvalue weighted by Gasteiger charge is -2.14. The van der Waals surface area contributed by atoms with Gasteiger partial charge in [-0.05, 0) is 18.6 Å². The molecule has 0 bridgehead atoms. The van der Waals surface area contributed by atoms with Gasteiger partial charge in [0.2, 0.25) is 5.82 Å². The van der Waals surface area contributed by atoms with Crippen molar-refractivity contribution >= 4 is 11.8 Å². The molecule has 0 aliphatic rings. The zero-order valence-corrected chi connectivity index (χ0v) is 10.8. The zero-order chi connectivity index (χ0) is 13.7. The number of nitrogens with one attached hydrogen (secondary N) is 1. The Kier molecular flexibility index (Phi) is 4.07. The summed E-state index contributed by atoms with van der Waals surface area (Å²) >= 11 is 0. The van der Waals surface area contributed by atoms with Gasteiger partial charge in [-0.3, -0.25) is 0 Å². The minimum Gasteiger partial charge on any atom is -0.463 e. The predicted molar refractivity (Wildman–Crippen MR) is 71.9 cm³/mol. The first-order chi connectivity index (χ1) is 9.20. The molecule has 2 rings (SSSR count). The van der Waals surface area contributed by atoms with Crippen LogP contribution in [0.1, 0.15) is 29.1 Å². The van der Waals surface area contributed by atoms with E-state index in [2.05, 4.69) is 20.0 Å². The molecule has 0 saturated heterocycles. The largest absolute Gasteiger partial charge is 0.463 e. The van der Waals surface area contributed by atoms with E-state index in [0.717, 1.165) is 5.56 Å². The van der Waals surface area contributed by atoms with Gasteiger partial charge in [-0.2, -0.15) is 0 Å². The van der Waals surface area contributed by atoms with E-state index in [1.165, 1.54) is 13.3 Å². The molecule has 1 aromatic carbocycles. The molecule has 98 valence electrons. The highest BCUT2D eigenvalue weighted by atomic mass is 16.5. The first kappa shape index (κ1) is 13.0. The average Bonchev–Trinajstić information content (AvgIpc) is 2.47. The summed E-state index contributed by atoms with van der Waals surface area (Å²) in [5.41, 5.74) is 1.14. The van der Waals surface area contributed by atoms with E-state index >= 15 is 0 Å². The van der Waals surface area contributed by atoms with Gasteiger partial charge in [0.1, 0.15) is 5.82 Å². The second kappa shape index (κ2) is 5.95. The molecule has 1 unspecified atom stereocenters. The summed E-state index contributed by atoms with van der Waals surface area (Å²) in [5, 5.41) is 3.22. The molecule has 5 nitrogen and oxygen atoms in total. The smallest absolute Gasteiger partial charge is 0.376 e. The minimum atomic E-state index is -0.545. The maximum absolute atomic E-state index is 11.3. The number of hydrogen-bond donors (Lipinski definition) is 1. The number of anilines is 1. The number of rotatable bonds is 4. The molecule has 1 aromatic heterocycles. The van der Waals surface area contributed by atoms with Crippen LogP contribution in [0.5, 0.6) is 0 Å². The van der Waals surface area contributed by atoms with Gasteiger partial charge in [0.05, 0.1) is 7.11 Å². The average molecular weight is 257 g/mol. The first-order valence-corrected chi connectivity index (χ1v) is 5.93. The second-order valence-electron chi connectivity index (χ2n) is 4.03. The van der Waals surface area contributed by atoms with Crippen LogP contribution in [0.15, 0.2) is 42.6 Å². The van der Waals surface area contributed by atoms with Crippen LogP contribution in [0.3, 0.4) is 0 Å². The van der Waals surface area contributed by atoms with Gasteiger partial charge in [-0.15, -0.1) is 0 Å². The monoisotopic (exact) mass is 257 g/mol. The highest BCUT2D eigenvalue weighted by Gasteiger charge is 2.11. The molecular formula is C14H15N3O2. The molecule has 19 heavy (non-hydrogen) atoms. The van der Waals surface area contributed by atoms with Gasteiger partial charge in [0.15, 0.2) is 0 Å². The molecule has 0 radical (unpaired) electrons. The number of esters is 1. The second-order valence-corrected chi connectivity index (χ2v) is 4.03. The molecule has 0 fully saturated rings. The molecule has 0 amide bonds. The number of benzene rings is 1. The van der Waals surface area contributed by atoms with Gasteiger partial charge < -0.3 is 10.1 Å². The Bertz CT molecular complexity index is 558. The van der Waals surface area contributed by atoms with E-state index < -0.39 is 5.97 Å². The summed E-state index contributed by atoms with van der Waals surface area (Å²) in [7, 11) is 1.30. The van der Waals surface area contributed by atoms with E-state index in [4.69, 9.17) is 0 Å². The Labute approximate surface area is 111 Å². The summed E-state index contributed by atoms with van der Waals surface area (Å²) in [6.07, 6.45) is 1.53. The molecule has 2 aromatic rings. The minimum absolute atomic E-state index is 0.0489. The van der Waals surface area contributed by atoms with Crippen molar-refractivity contribution in [2.45, 2.75) is 13.0 Å². The zero-order valence-electron chi connectivity index (χ0n) is 10.8. The fourth-order valence-electron chi connectivity index (χ4n) is 1.68. The lowest BCUT2D eigenvalue weighted by molar-refractivity contribution is 0.0587. The molecule has 0 saturated carbocycles. The molecule has 1 heterocycles.